The molecule has 1 atom stereocenters. The van der Waals surface area contributed by atoms with Crippen LogP contribution in [0.4, 0.5) is 17.6 Å². The van der Waals surface area contributed by atoms with Crippen molar-refractivity contribution in [3.63, 3.8) is 0 Å². The van der Waals surface area contributed by atoms with Crippen molar-refractivity contribution >= 4 is 10.9 Å². The highest BCUT2D eigenvalue weighted by molar-refractivity contribution is 5.85. The molecule has 3 aromatic rings. The van der Waals surface area contributed by atoms with Crippen LogP contribution in [-0.4, -0.2) is 48.3 Å². The van der Waals surface area contributed by atoms with E-state index in [4.69, 9.17) is 10.5 Å². The zero-order chi connectivity index (χ0) is 27.3. The summed E-state index contributed by atoms with van der Waals surface area (Å²) in [5, 5.41) is 10.9. The van der Waals surface area contributed by atoms with Crippen molar-refractivity contribution in [2.75, 3.05) is 33.4 Å². The molecule has 38 heavy (non-hydrogen) atoms. The zero-order valence-electron chi connectivity index (χ0n) is 21.2. The number of methoxy groups -OCH3 is 1. The smallest absolute Gasteiger partial charge is 0.194 e. The number of piperidine rings is 1. The molecular formula is C29H31F4N3O2. The molecule has 0 spiro atoms. The third-order valence-corrected chi connectivity index (χ3v) is 7.43. The van der Waals surface area contributed by atoms with E-state index in [0.717, 1.165) is 12.1 Å². The van der Waals surface area contributed by atoms with Crippen molar-refractivity contribution in [3.8, 4) is 17.6 Å². The van der Waals surface area contributed by atoms with Gasteiger partial charge in [-0.2, -0.15) is 0 Å². The Morgan fingerprint density at radius 2 is 1.87 bits per heavy atom. The molecule has 2 aromatic carbocycles. The summed E-state index contributed by atoms with van der Waals surface area (Å²) in [5.41, 5.74) is 7.38. The number of alkyl halides is 1. The van der Waals surface area contributed by atoms with E-state index in [0.29, 0.717) is 66.7 Å². The minimum absolute atomic E-state index is 0.0535. The lowest BCUT2D eigenvalue weighted by Gasteiger charge is -2.40. The first kappa shape index (κ1) is 27.8. The van der Waals surface area contributed by atoms with Crippen molar-refractivity contribution in [2.24, 2.45) is 11.1 Å². The number of fused-ring (bicyclic) bond motifs is 1. The van der Waals surface area contributed by atoms with Crippen molar-refractivity contribution in [1.82, 2.24) is 9.88 Å². The lowest BCUT2D eigenvalue weighted by molar-refractivity contribution is 0.0344. The second kappa shape index (κ2) is 12.1. The number of nitrogens with zero attached hydrogens (tertiary/aromatic N) is 2. The quantitative estimate of drug-likeness (QED) is 0.243. The number of ether oxygens (including phenoxy) is 1. The predicted octanol–water partition coefficient (Wildman–Crippen LogP) is 5.04. The van der Waals surface area contributed by atoms with Crippen LogP contribution in [0.1, 0.15) is 48.5 Å². The fraction of sp³-hybridized carbons (Fsp3) is 0.414. The maximum absolute atomic E-state index is 15.8. The topological polar surface area (TPSA) is 71.6 Å². The van der Waals surface area contributed by atoms with Crippen LogP contribution < -0.4 is 10.5 Å². The molecular weight excluding hydrogens is 498 g/mol. The number of nitrogens with two attached hydrogens (primary N) is 1. The second-order valence-corrected chi connectivity index (χ2v) is 9.78. The maximum Gasteiger partial charge on any atom is 0.194 e. The van der Waals surface area contributed by atoms with E-state index in [1.165, 1.54) is 0 Å². The van der Waals surface area contributed by atoms with E-state index in [1.54, 1.807) is 31.5 Å². The van der Waals surface area contributed by atoms with Gasteiger partial charge in [0.05, 0.1) is 19.2 Å². The maximum atomic E-state index is 15.8. The molecule has 1 aromatic heterocycles. The monoisotopic (exact) mass is 529 g/mol. The Balaban J connectivity index is 1.39. The lowest BCUT2D eigenvalue weighted by atomic mass is 9.74. The van der Waals surface area contributed by atoms with Crippen molar-refractivity contribution in [1.29, 1.82) is 0 Å². The minimum Gasteiger partial charge on any atom is -0.497 e. The van der Waals surface area contributed by atoms with Crippen molar-refractivity contribution in [2.45, 2.75) is 38.4 Å². The number of aliphatic hydroxyl groups excluding tert-OH is 1. The Hall–Kier alpha value is -3.19. The van der Waals surface area contributed by atoms with Crippen LogP contribution in [0.15, 0.2) is 36.5 Å². The van der Waals surface area contributed by atoms with Crippen LogP contribution in [0, 0.1) is 34.7 Å². The minimum atomic E-state index is -1.52. The summed E-state index contributed by atoms with van der Waals surface area (Å²) in [6.07, 6.45) is 2.38. The SMILES string of the molecule is COc1ccc2ncc(CN)c([C@@H](F)CCC3(CO)CCN(CC#Cc4cc(F)c(F)c(F)c4)CC3)c2c1. The molecule has 9 heteroatoms. The molecule has 1 fully saturated rings. The Bertz CT molecular complexity index is 1320. The highest BCUT2D eigenvalue weighted by atomic mass is 19.2. The van der Waals surface area contributed by atoms with Crippen molar-refractivity contribution in [3.05, 3.63) is 70.7 Å². The Morgan fingerprint density at radius 3 is 2.50 bits per heavy atom. The van der Waals surface area contributed by atoms with Gasteiger partial charge >= 0.3 is 0 Å². The van der Waals surface area contributed by atoms with Gasteiger partial charge in [0.15, 0.2) is 17.5 Å². The molecule has 1 aliphatic heterocycles. The number of aromatic nitrogens is 1. The largest absolute Gasteiger partial charge is 0.497 e. The summed E-state index contributed by atoms with van der Waals surface area (Å²) in [4.78, 5) is 6.47. The van der Waals surface area contributed by atoms with Crippen LogP contribution in [0.2, 0.25) is 0 Å². The van der Waals surface area contributed by atoms with Gasteiger partial charge in [0.1, 0.15) is 11.9 Å². The molecule has 0 radical (unpaired) electrons. The zero-order valence-corrected chi connectivity index (χ0v) is 21.2. The number of hydrogen-bond acceptors (Lipinski definition) is 5. The first-order chi connectivity index (χ1) is 18.3. The van der Waals surface area contributed by atoms with Crippen LogP contribution in [0.25, 0.3) is 10.9 Å². The summed E-state index contributed by atoms with van der Waals surface area (Å²) in [5.74, 6) is 2.08. The van der Waals surface area contributed by atoms with Gasteiger partial charge in [-0.3, -0.25) is 9.88 Å². The molecule has 0 bridgehead atoms. The molecule has 5 nitrogen and oxygen atoms in total. The fourth-order valence-electron chi connectivity index (χ4n) is 5.02. The summed E-state index contributed by atoms with van der Waals surface area (Å²) < 4.78 is 61.0. The summed E-state index contributed by atoms with van der Waals surface area (Å²) in [6, 6.07) is 7.08. The summed E-state index contributed by atoms with van der Waals surface area (Å²) in [7, 11) is 1.55. The molecule has 4 rings (SSSR count). The first-order valence-electron chi connectivity index (χ1n) is 12.6. The number of aliphatic hydroxyl groups is 1. The molecule has 202 valence electrons. The van der Waals surface area contributed by atoms with E-state index in [1.807, 2.05) is 0 Å². The Kier molecular flexibility index (Phi) is 8.87. The third-order valence-electron chi connectivity index (χ3n) is 7.43. The standard InChI is InChI=1S/C29H31F4N3O2/c1-38-21-4-5-26-22(15-21)27(20(16-34)17-35-26)23(30)6-7-29(18-37)8-11-36(12-9-29)10-2-3-19-13-24(31)28(33)25(32)14-19/h4-5,13-15,17,23,37H,6-12,16,18,34H2,1H3/t23-/m0/s1. The van der Waals surface area contributed by atoms with Crippen LogP contribution in [-0.2, 0) is 6.54 Å². The second-order valence-electron chi connectivity index (χ2n) is 9.78. The van der Waals surface area contributed by atoms with Crippen LogP contribution in [0.3, 0.4) is 0 Å². The van der Waals surface area contributed by atoms with Gasteiger partial charge in [0.25, 0.3) is 0 Å². The molecule has 0 unspecified atom stereocenters. The van der Waals surface area contributed by atoms with Crippen LogP contribution in [0.5, 0.6) is 5.75 Å². The molecule has 1 aliphatic rings. The Labute approximate surface area is 219 Å². The highest BCUT2D eigenvalue weighted by Gasteiger charge is 2.35. The van der Waals surface area contributed by atoms with E-state index < -0.39 is 29.0 Å². The summed E-state index contributed by atoms with van der Waals surface area (Å²) in [6.45, 7) is 1.75. The molecule has 2 heterocycles. The lowest BCUT2D eigenvalue weighted by Crippen LogP contribution is -2.42. The van der Waals surface area contributed by atoms with E-state index in [2.05, 4.69) is 21.7 Å². The average molecular weight is 530 g/mol. The molecule has 3 N–H and O–H groups in total. The van der Waals surface area contributed by atoms with E-state index in [-0.39, 0.29) is 25.1 Å². The average Bonchev–Trinajstić information content (AvgIpc) is 2.94. The Morgan fingerprint density at radius 1 is 1.16 bits per heavy atom. The fourth-order valence-corrected chi connectivity index (χ4v) is 5.02. The highest BCUT2D eigenvalue weighted by Crippen LogP contribution is 2.41. The van der Waals surface area contributed by atoms with Gasteiger partial charge in [-0.1, -0.05) is 11.8 Å². The molecule has 0 saturated carbocycles. The number of benzene rings is 2. The molecule has 0 amide bonds. The van der Waals surface area contributed by atoms with Gasteiger partial charge in [-0.25, -0.2) is 17.6 Å². The number of halogens is 4. The van der Waals surface area contributed by atoms with Gasteiger partial charge in [-0.05, 0) is 80.1 Å². The summed E-state index contributed by atoms with van der Waals surface area (Å²) >= 11 is 0. The normalized spacial score (nSPS) is 16.2. The van der Waals surface area contributed by atoms with Gasteiger partial charge < -0.3 is 15.6 Å². The number of hydrogen-bond donors (Lipinski definition) is 2. The van der Waals surface area contributed by atoms with Gasteiger partial charge in [0, 0.05) is 35.9 Å². The number of likely N-dealkylation sites (tertiary alicyclic amines) is 1. The molecule has 0 aliphatic carbocycles. The molecule has 1 saturated heterocycles. The van der Waals surface area contributed by atoms with Crippen LogP contribution >= 0.6 is 0 Å². The van der Waals surface area contributed by atoms with Gasteiger partial charge in [0.2, 0.25) is 0 Å². The van der Waals surface area contributed by atoms with E-state index in [9.17, 15) is 18.3 Å². The number of rotatable bonds is 8. The third kappa shape index (κ3) is 6.09. The van der Waals surface area contributed by atoms with Gasteiger partial charge in [-0.15, -0.1) is 0 Å². The van der Waals surface area contributed by atoms with E-state index >= 15 is 4.39 Å². The number of pyridine rings is 1. The van der Waals surface area contributed by atoms with Crippen molar-refractivity contribution < 1.29 is 27.4 Å². The first-order valence-corrected chi connectivity index (χ1v) is 12.6. The predicted molar refractivity (Wildman–Crippen MR) is 138 cm³/mol.